The van der Waals surface area contributed by atoms with E-state index in [2.05, 4.69) is 50.3 Å². The number of amides is 1. The monoisotopic (exact) mass is 368 g/mol. The lowest BCUT2D eigenvalue weighted by Crippen LogP contribution is -2.22. The number of hydrogen-bond donors (Lipinski definition) is 1. The molecule has 0 unspecified atom stereocenters. The number of rotatable bonds is 4. The van der Waals surface area contributed by atoms with Crippen molar-refractivity contribution in [3.05, 3.63) is 77.9 Å². The van der Waals surface area contributed by atoms with Crippen LogP contribution in [0.3, 0.4) is 0 Å². The zero-order chi connectivity index (χ0) is 19.3. The molecule has 5 heteroatoms. The molecule has 4 rings (SSSR count). The van der Waals surface area contributed by atoms with Gasteiger partial charge in [0.15, 0.2) is 0 Å². The molecule has 3 aromatic rings. The molecule has 0 spiro atoms. The van der Waals surface area contributed by atoms with Gasteiger partial charge in [-0.05, 0) is 54.3 Å². The van der Waals surface area contributed by atoms with E-state index < -0.39 is 0 Å². The van der Waals surface area contributed by atoms with Gasteiger partial charge in [0.25, 0.3) is 5.91 Å². The van der Waals surface area contributed by atoms with Crippen molar-refractivity contribution in [3.8, 4) is 23.1 Å². The van der Waals surface area contributed by atoms with Gasteiger partial charge in [-0.15, -0.1) is 0 Å². The van der Waals surface area contributed by atoms with Gasteiger partial charge in [0.2, 0.25) is 0 Å². The predicted molar refractivity (Wildman–Crippen MR) is 110 cm³/mol. The summed E-state index contributed by atoms with van der Waals surface area (Å²) in [5.41, 5.74) is 6.25. The molecule has 5 nitrogen and oxygen atoms in total. The third-order valence-corrected chi connectivity index (χ3v) is 4.77. The SMILES string of the molecule is CC#CN1CCc2cc(-c3ccc(C(=O)NCc4cncnc4)cc3)ccc21. The van der Waals surface area contributed by atoms with Crippen LogP contribution in [0.5, 0.6) is 0 Å². The molecule has 28 heavy (non-hydrogen) atoms. The second kappa shape index (κ2) is 7.93. The van der Waals surface area contributed by atoms with Gasteiger partial charge >= 0.3 is 0 Å². The van der Waals surface area contributed by atoms with Crippen LogP contribution < -0.4 is 10.2 Å². The highest BCUT2D eigenvalue weighted by atomic mass is 16.1. The van der Waals surface area contributed by atoms with Crippen LogP contribution >= 0.6 is 0 Å². The van der Waals surface area contributed by atoms with Crippen molar-refractivity contribution in [2.24, 2.45) is 0 Å². The summed E-state index contributed by atoms with van der Waals surface area (Å²) in [6.45, 7) is 3.20. The Morgan fingerprint density at radius 3 is 2.61 bits per heavy atom. The van der Waals surface area contributed by atoms with Crippen LogP contribution in [0.2, 0.25) is 0 Å². The number of nitrogens with one attached hydrogen (secondary N) is 1. The fourth-order valence-electron chi connectivity index (χ4n) is 3.35. The molecular weight excluding hydrogens is 348 g/mol. The van der Waals surface area contributed by atoms with E-state index in [-0.39, 0.29) is 5.91 Å². The van der Waals surface area contributed by atoms with Gasteiger partial charge in [0, 0.05) is 42.7 Å². The fourth-order valence-corrected chi connectivity index (χ4v) is 3.35. The third-order valence-electron chi connectivity index (χ3n) is 4.77. The van der Waals surface area contributed by atoms with E-state index >= 15 is 0 Å². The Kier molecular flexibility index (Phi) is 5.03. The lowest BCUT2D eigenvalue weighted by atomic mass is 10.0. The quantitative estimate of drug-likeness (QED) is 0.717. The summed E-state index contributed by atoms with van der Waals surface area (Å²) in [6, 6.07) is 17.3. The van der Waals surface area contributed by atoms with Gasteiger partial charge in [-0.3, -0.25) is 4.79 Å². The van der Waals surface area contributed by atoms with Crippen molar-refractivity contribution in [1.82, 2.24) is 15.3 Å². The molecule has 0 fully saturated rings. The van der Waals surface area contributed by atoms with Crippen molar-refractivity contribution in [2.45, 2.75) is 19.9 Å². The molecule has 0 bridgehead atoms. The average molecular weight is 368 g/mol. The van der Waals surface area contributed by atoms with E-state index in [1.165, 1.54) is 17.6 Å². The Labute approximate surface area is 164 Å². The first-order valence-electron chi connectivity index (χ1n) is 9.20. The van der Waals surface area contributed by atoms with E-state index in [1.54, 1.807) is 12.4 Å². The minimum Gasteiger partial charge on any atom is -0.348 e. The van der Waals surface area contributed by atoms with Crippen molar-refractivity contribution in [2.75, 3.05) is 11.4 Å². The minimum atomic E-state index is -0.113. The van der Waals surface area contributed by atoms with Crippen LogP contribution in [0.1, 0.15) is 28.4 Å². The van der Waals surface area contributed by atoms with Gasteiger partial charge in [-0.2, -0.15) is 0 Å². The summed E-state index contributed by atoms with van der Waals surface area (Å²) in [6.07, 6.45) is 5.86. The third kappa shape index (κ3) is 3.72. The molecule has 138 valence electrons. The van der Waals surface area contributed by atoms with E-state index in [9.17, 15) is 4.79 Å². The van der Waals surface area contributed by atoms with Crippen molar-refractivity contribution in [1.29, 1.82) is 0 Å². The van der Waals surface area contributed by atoms with E-state index in [0.717, 1.165) is 29.7 Å². The Bertz CT molecular complexity index is 1050. The minimum absolute atomic E-state index is 0.113. The fraction of sp³-hybridized carbons (Fsp3) is 0.174. The maximum absolute atomic E-state index is 12.3. The van der Waals surface area contributed by atoms with E-state index in [1.807, 2.05) is 31.2 Å². The molecule has 2 aromatic carbocycles. The molecule has 1 aliphatic heterocycles. The number of fused-ring (bicyclic) bond motifs is 1. The highest BCUT2D eigenvalue weighted by Gasteiger charge is 2.18. The Hall–Kier alpha value is -3.65. The number of benzene rings is 2. The van der Waals surface area contributed by atoms with Crippen LogP contribution in [0.4, 0.5) is 5.69 Å². The topological polar surface area (TPSA) is 58.1 Å². The molecule has 1 aliphatic rings. The van der Waals surface area contributed by atoms with Gasteiger partial charge in [-0.1, -0.05) is 24.1 Å². The number of hydrogen-bond acceptors (Lipinski definition) is 4. The standard InChI is InChI=1S/C23H20N4O/c1-2-10-27-11-9-21-12-20(7-8-22(21)27)18-3-5-19(6-4-18)23(28)26-15-17-13-24-16-25-14-17/h3-8,12-14,16H,9,11,15H2,1H3,(H,26,28). The maximum atomic E-state index is 12.3. The number of carbonyl (C=O) groups is 1. The van der Waals surface area contributed by atoms with Crippen molar-refractivity contribution in [3.63, 3.8) is 0 Å². The summed E-state index contributed by atoms with van der Waals surface area (Å²) in [4.78, 5) is 22.3. The van der Waals surface area contributed by atoms with Crippen molar-refractivity contribution < 1.29 is 4.79 Å². The molecule has 0 radical (unpaired) electrons. The second-order valence-corrected chi connectivity index (χ2v) is 6.61. The Morgan fingerprint density at radius 2 is 1.86 bits per heavy atom. The predicted octanol–water partition coefficient (Wildman–Crippen LogP) is 3.42. The Morgan fingerprint density at radius 1 is 1.11 bits per heavy atom. The number of anilines is 1. The Balaban J connectivity index is 1.46. The molecule has 0 aliphatic carbocycles. The van der Waals surface area contributed by atoms with Crippen LogP contribution in [0.25, 0.3) is 11.1 Å². The lowest BCUT2D eigenvalue weighted by molar-refractivity contribution is 0.0951. The van der Waals surface area contributed by atoms with Crippen molar-refractivity contribution >= 4 is 11.6 Å². The normalized spacial score (nSPS) is 12.1. The van der Waals surface area contributed by atoms with E-state index in [0.29, 0.717) is 12.1 Å². The van der Waals surface area contributed by atoms with Gasteiger partial charge in [0.05, 0.1) is 5.69 Å². The first-order valence-corrected chi connectivity index (χ1v) is 9.20. The highest BCUT2D eigenvalue weighted by molar-refractivity contribution is 5.94. The molecule has 0 saturated heterocycles. The van der Waals surface area contributed by atoms with Crippen LogP contribution in [-0.4, -0.2) is 22.4 Å². The summed E-state index contributed by atoms with van der Waals surface area (Å²) in [5.74, 6) is 2.85. The van der Waals surface area contributed by atoms with Gasteiger partial charge < -0.3 is 10.2 Å². The number of nitrogens with zero attached hydrogens (tertiary/aromatic N) is 3. The number of carbonyl (C=O) groups excluding carboxylic acids is 1. The summed E-state index contributed by atoms with van der Waals surface area (Å²) in [7, 11) is 0. The molecular formula is C23H20N4O. The van der Waals surface area contributed by atoms with Crippen LogP contribution in [0, 0.1) is 12.0 Å². The second-order valence-electron chi connectivity index (χ2n) is 6.61. The molecule has 2 heterocycles. The zero-order valence-corrected chi connectivity index (χ0v) is 15.6. The highest BCUT2D eigenvalue weighted by Crippen LogP contribution is 2.32. The first kappa shape index (κ1) is 17.7. The number of aromatic nitrogens is 2. The van der Waals surface area contributed by atoms with Gasteiger partial charge in [-0.25, -0.2) is 9.97 Å². The van der Waals surface area contributed by atoms with Gasteiger partial charge in [0.1, 0.15) is 6.33 Å². The molecule has 0 saturated carbocycles. The summed E-state index contributed by atoms with van der Waals surface area (Å²) in [5, 5.41) is 2.89. The maximum Gasteiger partial charge on any atom is 0.251 e. The first-order chi connectivity index (χ1) is 13.7. The molecule has 1 aromatic heterocycles. The molecule has 1 amide bonds. The van der Waals surface area contributed by atoms with Crippen LogP contribution in [-0.2, 0) is 13.0 Å². The largest absolute Gasteiger partial charge is 0.348 e. The smallest absolute Gasteiger partial charge is 0.251 e. The zero-order valence-electron chi connectivity index (χ0n) is 15.6. The summed E-state index contributed by atoms with van der Waals surface area (Å²) < 4.78 is 0. The summed E-state index contributed by atoms with van der Waals surface area (Å²) >= 11 is 0. The lowest BCUT2D eigenvalue weighted by Gasteiger charge is -2.11. The van der Waals surface area contributed by atoms with Crippen LogP contribution in [0.15, 0.2) is 61.2 Å². The average Bonchev–Trinajstić information content (AvgIpc) is 3.15. The molecule has 0 atom stereocenters. The van der Waals surface area contributed by atoms with E-state index in [4.69, 9.17) is 0 Å². The molecule has 1 N–H and O–H groups in total.